The van der Waals surface area contributed by atoms with E-state index in [1.54, 1.807) is 0 Å². The lowest BCUT2D eigenvalue weighted by Gasteiger charge is -2.03. The van der Waals surface area contributed by atoms with Gasteiger partial charge in [0.1, 0.15) is 6.54 Å². The Kier molecular flexibility index (Phi) is 2.30. The summed E-state index contributed by atoms with van der Waals surface area (Å²) >= 11 is 0. The van der Waals surface area contributed by atoms with Gasteiger partial charge in [-0.15, -0.1) is 0 Å². The summed E-state index contributed by atoms with van der Waals surface area (Å²) in [6, 6.07) is 3.78. The largest absolute Gasteiger partial charge is 0.480 e. The van der Waals surface area contributed by atoms with Gasteiger partial charge in [0.15, 0.2) is 0 Å². The number of aromatic amines is 1. The molecule has 1 aromatic carbocycles. The van der Waals surface area contributed by atoms with Crippen LogP contribution in [0.3, 0.4) is 0 Å². The third-order valence-electron chi connectivity index (χ3n) is 2.63. The molecule has 2 aromatic rings. The van der Waals surface area contributed by atoms with Crippen LogP contribution in [-0.2, 0) is 11.3 Å². The molecule has 0 atom stereocenters. The minimum atomic E-state index is -1.02. The lowest BCUT2D eigenvalue weighted by Crippen LogP contribution is -2.21. The predicted octanol–water partition coefficient (Wildman–Crippen LogP) is 1.03. The fourth-order valence-electron chi connectivity index (χ4n) is 1.86. The van der Waals surface area contributed by atoms with Crippen LogP contribution in [0.5, 0.6) is 0 Å². The average Bonchev–Trinajstić information content (AvgIpc) is 2.51. The molecule has 2 N–H and O–H groups in total. The Hall–Kier alpha value is -2.04. The second-order valence-electron chi connectivity index (χ2n) is 3.83. The van der Waals surface area contributed by atoms with Crippen LogP contribution >= 0.6 is 0 Å². The Morgan fingerprint density at radius 2 is 2.00 bits per heavy atom. The van der Waals surface area contributed by atoms with Crippen LogP contribution < -0.4 is 5.69 Å². The molecular formula is C11H12N2O3. The molecule has 0 amide bonds. The van der Waals surface area contributed by atoms with Crippen molar-refractivity contribution in [2.75, 3.05) is 0 Å². The van der Waals surface area contributed by atoms with Crippen LogP contribution in [-0.4, -0.2) is 20.6 Å². The number of aryl methyl sites for hydroxylation is 2. The van der Waals surface area contributed by atoms with Crippen LogP contribution in [0.1, 0.15) is 11.1 Å². The van der Waals surface area contributed by atoms with Crippen LogP contribution in [0.2, 0.25) is 0 Å². The number of H-pyrrole nitrogens is 1. The SMILES string of the molecule is Cc1ccc(C)c2c1[nH]c(=O)n2CC(=O)O. The number of carboxylic acids is 1. The van der Waals surface area contributed by atoms with Crippen molar-refractivity contribution in [2.45, 2.75) is 20.4 Å². The van der Waals surface area contributed by atoms with E-state index in [0.717, 1.165) is 11.1 Å². The molecule has 0 unspecified atom stereocenters. The lowest BCUT2D eigenvalue weighted by molar-refractivity contribution is -0.137. The molecule has 0 fully saturated rings. The first kappa shape index (κ1) is 10.5. The highest BCUT2D eigenvalue weighted by atomic mass is 16.4. The second kappa shape index (κ2) is 3.52. The summed E-state index contributed by atoms with van der Waals surface area (Å²) in [6.45, 7) is 3.42. The molecule has 16 heavy (non-hydrogen) atoms. The Balaban J connectivity index is 2.83. The number of benzene rings is 1. The van der Waals surface area contributed by atoms with Crippen molar-refractivity contribution in [1.82, 2.24) is 9.55 Å². The first-order valence-electron chi connectivity index (χ1n) is 4.91. The Labute approximate surface area is 91.3 Å². The van der Waals surface area contributed by atoms with Gasteiger partial charge in [-0.25, -0.2) is 4.79 Å². The molecule has 0 spiro atoms. The van der Waals surface area contributed by atoms with Gasteiger partial charge in [0.25, 0.3) is 0 Å². The molecule has 2 rings (SSSR count). The number of hydrogen-bond donors (Lipinski definition) is 2. The molecule has 5 nitrogen and oxygen atoms in total. The van der Waals surface area contributed by atoms with E-state index in [9.17, 15) is 9.59 Å². The average molecular weight is 220 g/mol. The zero-order valence-electron chi connectivity index (χ0n) is 9.07. The standard InChI is InChI=1S/C11H12N2O3/c1-6-3-4-7(2)10-9(6)12-11(16)13(10)5-8(14)15/h3-4H,5H2,1-2H3,(H,12,16)(H,14,15). The van der Waals surface area contributed by atoms with Crippen LogP contribution in [0.4, 0.5) is 0 Å². The molecular weight excluding hydrogens is 208 g/mol. The number of rotatable bonds is 2. The van der Waals surface area contributed by atoms with E-state index >= 15 is 0 Å². The summed E-state index contributed by atoms with van der Waals surface area (Å²) in [5, 5.41) is 8.76. The van der Waals surface area contributed by atoms with Gasteiger partial charge < -0.3 is 10.1 Å². The highest BCUT2D eigenvalue weighted by Gasteiger charge is 2.12. The Morgan fingerprint density at radius 3 is 2.62 bits per heavy atom. The van der Waals surface area contributed by atoms with Crippen molar-refractivity contribution in [3.63, 3.8) is 0 Å². The highest BCUT2D eigenvalue weighted by molar-refractivity contribution is 5.83. The number of hydrogen-bond acceptors (Lipinski definition) is 2. The van der Waals surface area contributed by atoms with Crippen molar-refractivity contribution in [3.05, 3.63) is 33.7 Å². The number of carboxylic acid groups (broad SMARTS) is 1. The second-order valence-corrected chi connectivity index (χ2v) is 3.83. The van der Waals surface area contributed by atoms with Crippen molar-refractivity contribution in [1.29, 1.82) is 0 Å². The minimum Gasteiger partial charge on any atom is -0.480 e. The first-order valence-corrected chi connectivity index (χ1v) is 4.91. The van der Waals surface area contributed by atoms with Gasteiger partial charge in [0.05, 0.1) is 11.0 Å². The molecule has 0 bridgehead atoms. The van der Waals surface area contributed by atoms with Crippen LogP contribution in [0.25, 0.3) is 11.0 Å². The van der Waals surface area contributed by atoms with E-state index in [-0.39, 0.29) is 12.2 Å². The van der Waals surface area contributed by atoms with Crippen molar-refractivity contribution < 1.29 is 9.90 Å². The van der Waals surface area contributed by atoms with E-state index in [2.05, 4.69) is 4.98 Å². The Morgan fingerprint density at radius 1 is 1.38 bits per heavy atom. The third kappa shape index (κ3) is 1.50. The lowest BCUT2D eigenvalue weighted by atomic mass is 10.1. The van der Waals surface area contributed by atoms with Gasteiger partial charge >= 0.3 is 11.7 Å². The van der Waals surface area contributed by atoms with Crippen LogP contribution in [0, 0.1) is 13.8 Å². The molecule has 0 aliphatic carbocycles. The third-order valence-corrected chi connectivity index (χ3v) is 2.63. The van der Waals surface area contributed by atoms with E-state index in [4.69, 9.17) is 5.11 Å². The number of imidazole rings is 1. The van der Waals surface area contributed by atoms with Gasteiger partial charge in [0, 0.05) is 0 Å². The predicted molar refractivity (Wildman–Crippen MR) is 59.7 cm³/mol. The summed E-state index contributed by atoms with van der Waals surface area (Å²) in [5.41, 5.74) is 2.83. The topological polar surface area (TPSA) is 75.1 Å². The molecule has 0 saturated heterocycles. The summed E-state index contributed by atoms with van der Waals surface area (Å²) in [4.78, 5) is 25.0. The van der Waals surface area contributed by atoms with Crippen molar-refractivity contribution >= 4 is 17.0 Å². The molecule has 1 aromatic heterocycles. The zero-order chi connectivity index (χ0) is 11.9. The first-order chi connectivity index (χ1) is 7.50. The quantitative estimate of drug-likeness (QED) is 0.793. The summed E-state index contributed by atoms with van der Waals surface area (Å²) in [6.07, 6.45) is 0. The number of nitrogens with zero attached hydrogens (tertiary/aromatic N) is 1. The van der Waals surface area contributed by atoms with E-state index in [1.165, 1.54) is 4.57 Å². The molecule has 0 radical (unpaired) electrons. The number of carbonyl (C=O) groups is 1. The minimum absolute atomic E-state index is 0.316. The van der Waals surface area contributed by atoms with Gasteiger partial charge in [-0.05, 0) is 25.0 Å². The maximum absolute atomic E-state index is 11.6. The maximum atomic E-state index is 11.6. The van der Waals surface area contributed by atoms with E-state index in [0.29, 0.717) is 11.0 Å². The van der Waals surface area contributed by atoms with Crippen molar-refractivity contribution in [2.24, 2.45) is 0 Å². The molecule has 84 valence electrons. The summed E-state index contributed by atoms with van der Waals surface area (Å²) in [5.74, 6) is -1.02. The van der Waals surface area contributed by atoms with E-state index in [1.807, 2.05) is 26.0 Å². The van der Waals surface area contributed by atoms with Crippen molar-refractivity contribution in [3.8, 4) is 0 Å². The summed E-state index contributed by atoms with van der Waals surface area (Å²) < 4.78 is 1.25. The summed E-state index contributed by atoms with van der Waals surface area (Å²) in [7, 11) is 0. The molecule has 0 aliphatic heterocycles. The maximum Gasteiger partial charge on any atom is 0.327 e. The highest BCUT2D eigenvalue weighted by Crippen LogP contribution is 2.18. The number of aliphatic carboxylic acids is 1. The Bertz CT molecular complexity index is 622. The van der Waals surface area contributed by atoms with Gasteiger partial charge in [-0.3, -0.25) is 9.36 Å². The smallest absolute Gasteiger partial charge is 0.327 e. The monoisotopic (exact) mass is 220 g/mol. The molecule has 0 aliphatic rings. The van der Waals surface area contributed by atoms with Gasteiger partial charge in [-0.1, -0.05) is 12.1 Å². The normalized spacial score (nSPS) is 10.9. The number of fused-ring (bicyclic) bond motifs is 1. The number of nitrogens with one attached hydrogen (secondary N) is 1. The zero-order valence-corrected chi connectivity index (χ0v) is 9.07. The fourth-order valence-corrected chi connectivity index (χ4v) is 1.86. The number of aromatic nitrogens is 2. The molecule has 5 heteroatoms. The van der Waals surface area contributed by atoms with Gasteiger partial charge in [-0.2, -0.15) is 0 Å². The fraction of sp³-hybridized carbons (Fsp3) is 0.273. The van der Waals surface area contributed by atoms with Gasteiger partial charge in [0.2, 0.25) is 0 Å². The van der Waals surface area contributed by atoms with E-state index < -0.39 is 5.97 Å². The van der Waals surface area contributed by atoms with Crippen LogP contribution in [0.15, 0.2) is 16.9 Å². The molecule has 0 saturated carbocycles. The molecule has 1 heterocycles.